The maximum atomic E-state index is 14.1. The Morgan fingerprint density at radius 1 is 0.319 bits per heavy atom. The Morgan fingerprint density at radius 2 is 0.500 bits per heavy atom. The van der Waals surface area contributed by atoms with E-state index in [-0.39, 0.29) is 21.5 Å². The Bertz CT molecular complexity index is 3230. The monoisotopic (exact) mass is 1360 g/mol. The second-order valence-electron chi connectivity index (χ2n) is 33.1. The summed E-state index contributed by atoms with van der Waals surface area (Å²) in [6.07, 6.45) is -2.38. The summed E-state index contributed by atoms with van der Waals surface area (Å²) in [5.41, 5.74) is 5.81. The zero-order valence-electron chi connectivity index (χ0n) is 62.8. The third-order valence-electron chi connectivity index (χ3n) is 17.2. The van der Waals surface area contributed by atoms with Crippen molar-refractivity contribution in [1.82, 2.24) is 0 Å². The van der Waals surface area contributed by atoms with E-state index in [2.05, 4.69) is 227 Å². The van der Waals surface area contributed by atoms with Crippen LogP contribution in [-0.4, -0.2) is 66.8 Å². The summed E-state index contributed by atoms with van der Waals surface area (Å²) in [6, 6.07) is 26.4. The Hall–Kier alpha value is -5.50. The molecule has 0 amide bonds. The predicted molar refractivity (Wildman–Crippen MR) is 399 cm³/mol. The van der Waals surface area contributed by atoms with Crippen molar-refractivity contribution >= 4 is 82.8 Å². The van der Waals surface area contributed by atoms with Crippen molar-refractivity contribution in [3.05, 3.63) is 127 Å². The third-order valence-corrected chi connectivity index (χ3v) is 22.6. The van der Waals surface area contributed by atoms with Gasteiger partial charge in [-0.25, -0.2) is 9.59 Å². The molecule has 2 atom stereocenters. The van der Waals surface area contributed by atoms with Crippen LogP contribution in [0.2, 0.25) is 10.0 Å². The summed E-state index contributed by atoms with van der Waals surface area (Å²) >= 11 is 15.7. The van der Waals surface area contributed by atoms with Gasteiger partial charge in [-0.2, -0.15) is 0 Å². The van der Waals surface area contributed by atoms with Gasteiger partial charge < -0.3 is 37.9 Å². The minimum absolute atomic E-state index is 0.181. The number of methoxy groups -OCH3 is 6. The highest BCUT2D eigenvalue weighted by Crippen LogP contribution is 2.55. The van der Waals surface area contributed by atoms with Crippen molar-refractivity contribution in [3.63, 3.8) is 0 Å². The van der Waals surface area contributed by atoms with Crippen LogP contribution in [0.25, 0.3) is 11.1 Å². The first-order chi connectivity index (χ1) is 42.9. The van der Waals surface area contributed by atoms with Gasteiger partial charge in [0.15, 0.2) is 12.2 Å². The van der Waals surface area contributed by atoms with Gasteiger partial charge in [-0.3, -0.25) is 0 Å². The van der Waals surface area contributed by atoms with Crippen LogP contribution in [0.1, 0.15) is 225 Å². The molecular weight excluding hydrogens is 1250 g/mol. The van der Waals surface area contributed by atoms with Crippen LogP contribution in [0, 0.1) is 0 Å². The molecule has 0 aliphatic carbocycles. The van der Waals surface area contributed by atoms with E-state index in [4.69, 9.17) is 61.1 Å². The molecular formula is C80H110Cl2O10P2. The molecule has 6 rings (SSSR count). The first kappa shape index (κ1) is 77.5. The SMILES string of the molecule is COC(=O)C(C)Oc1c(Cl)ccc(P(c2cc(C(C)(C)C)c(OC)c(C(C)(C)C)c2)c2cc(C(C)(C)C)c(OC)c(C(C)(C)C)c2)c1-c1c(P(c2cc(C(C)(C)C)c(OC)c(C(C)(C)C)c2)c2cc(C(C)(C)C)c(OC)c(C(C)(C)C)c2)ccc(Cl)c1O[C@@H](C)C(=O)OC. The molecule has 6 aromatic carbocycles. The van der Waals surface area contributed by atoms with Crippen LogP contribution < -0.4 is 60.2 Å². The zero-order valence-corrected chi connectivity index (χ0v) is 66.1. The van der Waals surface area contributed by atoms with Crippen LogP contribution in [-0.2, 0) is 62.4 Å². The smallest absolute Gasteiger partial charge is 0.346 e. The van der Waals surface area contributed by atoms with Gasteiger partial charge in [-0.05, 0) is 166 Å². The Kier molecular flexibility index (Phi) is 23.2. The largest absolute Gasteiger partial charge is 0.496 e. The van der Waals surface area contributed by atoms with E-state index in [1.165, 1.54) is 14.2 Å². The highest BCUT2D eigenvalue weighted by Gasteiger charge is 2.41. The van der Waals surface area contributed by atoms with Gasteiger partial charge in [0, 0.05) is 55.6 Å². The van der Waals surface area contributed by atoms with Gasteiger partial charge in [0.05, 0.1) is 52.7 Å². The summed E-state index contributed by atoms with van der Waals surface area (Å²) in [7, 11) is 6.05. The van der Waals surface area contributed by atoms with Gasteiger partial charge >= 0.3 is 11.9 Å². The first-order valence-corrected chi connectivity index (χ1v) is 36.0. The molecule has 0 radical (unpaired) electrons. The Labute approximate surface area is 578 Å². The average molecular weight is 1360 g/mol. The molecule has 0 saturated heterocycles. The minimum Gasteiger partial charge on any atom is -0.496 e. The number of hydrogen-bond donors (Lipinski definition) is 0. The maximum absolute atomic E-state index is 14.1. The lowest BCUT2D eigenvalue weighted by Gasteiger charge is -2.36. The van der Waals surface area contributed by atoms with Crippen LogP contribution in [0.4, 0.5) is 0 Å². The third kappa shape index (κ3) is 16.4. The molecule has 10 nitrogen and oxygen atoms in total. The molecule has 0 fully saturated rings. The number of carbonyl (C=O) groups is 2. The second-order valence-corrected chi connectivity index (χ2v) is 38.3. The average Bonchev–Trinajstić information content (AvgIpc) is 0.733. The molecule has 14 heteroatoms. The summed E-state index contributed by atoms with van der Waals surface area (Å²) in [5.74, 6) is 2.38. The molecule has 6 aromatic rings. The van der Waals surface area contributed by atoms with Crippen LogP contribution >= 0.6 is 39.0 Å². The van der Waals surface area contributed by atoms with E-state index < -0.39 is 83.3 Å². The van der Waals surface area contributed by atoms with Crippen molar-refractivity contribution in [1.29, 1.82) is 0 Å². The molecule has 0 bridgehead atoms. The molecule has 0 aliphatic rings. The fourth-order valence-corrected chi connectivity index (χ4v) is 17.6. The number of rotatable bonds is 17. The molecule has 0 N–H and O–H groups in total. The van der Waals surface area contributed by atoms with E-state index in [1.54, 1.807) is 42.3 Å². The summed E-state index contributed by atoms with van der Waals surface area (Å²) in [6.45, 7) is 56.6. The van der Waals surface area contributed by atoms with Crippen molar-refractivity contribution in [2.45, 2.75) is 236 Å². The lowest BCUT2D eigenvalue weighted by molar-refractivity contribution is -0.148. The standard InChI is InChI=1S/C80H110Cl2O10P2/c1-45(71(83)89-31)91-69-59(81)33-35-61(93(47-37-51(73(3,4)5)65(85-27)52(38-47)74(6,7)8)48-39-53(75(9,10)11)66(86-28)54(40-48)76(12,13)14)63(69)64-62(36-34-60(82)70(64)92-46(2)72(84)90-32)94(49-41-55(77(15,16)17)67(87-29)56(42-49)78(18,19)20)50-43-57(79(21,22)23)68(88-30)58(44-50)80(24,25)26/h33-46H,1-32H3/t45-,46?/m0/s1. The number of carbonyl (C=O) groups excluding carboxylic acids is 2. The van der Waals surface area contributed by atoms with Gasteiger partial charge in [0.1, 0.15) is 34.5 Å². The van der Waals surface area contributed by atoms with Crippen LogP contribution in [0.5, 0.6) is 34.5 Å². The first-order valence-electron chi connectivity index (χ1n) is 32.6. The highest BCUT2D eigenvalue weighted by atomic mass is 35.5. The van der Waals surface area contributed by atoms with Crippen LogP contribution in [0.3, 0.4) is 0 Å². The lowest BCUT2D eigenvalue weighted by Crippen LogP contribution is -2.33. The molecule has 1 unspecified atom stereocenters. The van der Waals surface area contributed by atoms with Gasteiger partial charge in [-0.15, -0.1) is 0 Å². The predicted octanol–water partition coefficient (Wildman–Crippen LogP) is 18.5. The molecule has 0 aromatic heterocycles. The number of ether oxygens (including phenoxy) is 8. The summed E-state index contributed by atoms with van der Waals surface area (Å²) < 4.78 is 51.5. The highest BCUT2D eigenvalue weighted by molar-refractivity contribution is 7.81. The molecule has 94 heavy (non-hydrogen) atoms. The van der Waals surface area contributed by atoms with E-state index in [0.29, 0.717) is 11.1 Å². The fraction of sp³-hybridized carbons (Fsp3) is 0.525. The fourth-order valence-electron chi connectivity index (χ4n) is 12.1. The number of halogens is 2. The lowest BCUT2D eigenvalue weighted by atomic mass is 9.79. The van der Waals surface area contributed by atoms with E-state index in [0.717, 1.165) is 99.3 Å². The van der Waals surface area contributed by atoms with Gasteiger partial charge in [-0.1, -0.05) is 202 Å². The molecule has 514 valence electrons. The van der Waals surface area contributed by atoms with Crippen molar-refractivity contribution in [3.8, 4) is 45.6 Å². The number of esters is 2. The minimum atomic E-state index is -1.83. The van der Waals surface area contributed by atoms with Crippen molar-refractivity contribution in [2.75, 3.05) is 42.7 Å². The zero-order chi connectivity index (χ0) is 71.5. The summed E-state index contributed by atoms with van der Waals surface area (Å²) in [5, 5.41) is 5.99. The molecule has 0 aliphatic heterocycles. The molecule has 0 spiro atoms. The quantitative estimate of drug-likeness (QED) is 0.0647. The van der Waals surface area contributed by atoms with Crippen molar-refractivity contribution in [2.24, 2.45) is 0 Å². The Balaban J connectivity index is 2.18. The normalized spacial score (nSPS) is 13.6. The van der Waals surface area contributed by atoms with Gasteiger partial charge in [0.25, 0.3) is 0 Å². The number of benzene rings is 6. The van der Waals surface area contributed by atoms with Crippen LogP contribution in [0.15, 0.2) is 72.8 Å². The van der Waals surface area contributed by atoms with Gasteiger partial charge in [0.2, 0.25) is 0 Å². The molecule has 0 heterocycles. The summed E-state index contributed by atoms with van der Waals surface area (Å²) in [4.78, 5) is 28.3. The molecule has 0 saturated carbocycles. The van der Waals surface area contributed by atoms with Crippen molar-refractivity contribution < 1.29 is 47.5 Å². The maximum Gasteiger partial charge on any atom is 0.346 e. The topological polar surface area (TPSA) is 108 Å². The van der Waals surface area contributed by atoms with E-state index in [9.17, 15) is 9.59 Å². The van der Waals surface area contributed by atoms with E-state index >= 15 is 0 Å². The number of hydrogen-bond acceptors (Lipinski definition) is 10. The Morgan fingerprint density at radius 3 is 0.649 bits per heavy atom. The van der Waals surface area contributed by atoms with E-state index in [1.807, 2.05) is 12.1 Å². The second kappa shape index (κ2) is 28.2.